The van der Waals surface area contributed by atoms with Crippen molar-refractivity contribution >= 4 is 11.7 Å². The minimum atomic E-state index is -1.45. The zero-order chi connectivity index (χ0) is 17.1. The van der Waals surface area contributed by atoms with Crippen molar-refractivity contribution in [3.8, 4) is 0 Å². The highest BCUT2D eigenvalue weighted by molar-refractivity contribution is 5.75. The Balaban J connectivity index is 1.55. The SMILES string of the molecule is O=C(NC1CCCCC1)N1CCN(c2ccc(F)c(F)c2F)CC1. The van der Waals surface area contributed by atoms with Crippen LogP contribution < -0.4 is 10.2 Å². The molecular formula is C17H22F3N3O. The molecule has 0 atom stereocenters. The minimum Gasteiger partial charge on any atom is -0.366 e. The number of urea groups is 1. The van der Waals surface area contributed by atoms with Gasteiger partial charge in [-0.15, -0.1) is 0 Å². The molecule has 1 aliphatic heterocycles. The molecule has 0 spiro atoms. The molecule has 1 saturated heterocycles. The highest BCUT2D eigenvalue weighted by Crippen LogP contribution is 2.25. The molecule has 1 aliphatic carbocycles. The summed E-state index contributed by atoms with van der Waals surface area (Å²) in [5.41, 5.74) is 0.0428. The molecule has 1 aromatic rings. The van der Waals surface area contributed by atoms with Crippen molar-refractivity contribution in [2.24, 2.45) is 0 Å². The molecule has 1 aromatic carbocycles. The van der Waals surface area contributed by atoms with Gasteiger partial charge in [-0.2, -0.15) is 0 Å². The fourth-order valence-electron chi connectivity index (χ4n) is 3.42. The van der Waals surface area contributed by atoms with Gasteiger partial charge in [0.25, 0.3) is 0 Å². The van der Waals surface area contributed by atoms with E-state index in [9.17, 15) is 18.0 Å². The first-order valence-electron chi connectivity index (χ1n) is 8.50. The number of carbonyl (C=O) groups excluding carboxylic acids is 1. The van der Waals surface area contributed by atoms with Crippen LogP contribution >= 0.6 is 0 Å². The summed E-state index contributed by atoms with van der Waals surface area (Å²) in [6.07, 6.45) is 5.56. The van der Waals surface area contributed by atoms with Gasteiger partial charge in [0.05, 0.1) is 5.69 Å². The van der Waals surface area contributed by atoms with Crippen LogP contribution in [0.1, 0.15) is 32.1 Å². The summed E-state index contributed by atoms with van der Waals surface area (Å²) in [6, 6.07) is 2.32. The molecular weight excluding hydrogens is 319 g/mol. The van der Waals surface area contributed by atoms with Gasteiger partial charge < -0.3 is 15.1 Å². The van der Waals surface area contributed by atoms with Gasteiger partial charge in [0.1, 0.15) is 0 Å². The average molecular weight is 341 g/mol. The monoisotopic (exact) mass is 341 g/mol. The Morgan fingerprint density at radius 3 is 2.29 bits per heavy atom. The molecule has 0 radical (unpaired) electrons. The zero-order valence-corrected chi connectivity index (χ0v) is 13.5. The van der Waals surface area contributed by atoms with E-state index in [0.717, 1.165) is 31.7 Å². The van der Waals surface area contributed by atoms with E-state index in [1.54, 1.807) is 9.80 Å². The molecule has 1 saturated carbocycles. The van der Waals surface area contributed by atoms with E-state index in [-0.39, 0.29) is 17.8 Å². The molecule has 3 rings (SSSR count). The number of benzene rings is 1. The highest BCUT2D eigenvalue weighted by Gasteiger charge is 2.26. The second-order valence-electron chi connectivity index (χ2n) is 6.45. The number of piperazine rings is 1. The van der Waals surface area contributed by atoms with Gasteiger partial charge in [0.15, 0.2) is 17.5 Å². The van der Waals surface area contributed by atoms with Crippen molar-refractivity contribution in [1.29, 1.82) is 0 Å². The van der Waals surface area contributed by atoms with E-state index in [1.165, 1.54) is 12.5 Å². The molecule has 132 valence electrons. The fourth-order valence-corrected chi connectivity index (χ4v) is 3.42. The van der Waals surface area contributed by atoms with E-state index in [4.69, 9.17) is 0 Å². The van der Waals surface area contributed by atoms with Gasteiger partial charge in [-0.05, 0) is 25.0 Å². The summed E-state index contributed by atoms with van der Waals surface area (Å²) < 4.78 is 40.2. The highest BCUT2D eigenvalue weighted by atomic mass is 19.2. The standard InChI is InChI=1S/C17H22F3N3O/c18-13-6-7-14(16(20)15(13)19)22-8-10-23(11-9-22)17(24)21-12-4-2-1-3-5-12/h6-7,12H,1-5,8-11H2,(H,21,24). The van der Waals surface area contributed by atoms with Crippen molar-refractivity contribution < 1.29 is 18.0 Å². The second-order valence-corrected chi connectivity index (χ2v) is 6.45. The van der Waals surface area contributed by atoms with Crippen LogP contribution in [0.4, 0.5) is 23.7 Å². The van der Waals surface area contributed by atoms with Crippen molar-refractivity contribution in [3.05, 3.63) is 29.6 Å². The van der Waals surface area contributed by atoms with Crippen LogP contribution in [0.25, 0.3) is 0 Å². The molecule has 24 heavy (non-hydrogen) atoms. The van der Waals surface area contributed by atoms with E-state index < -0.39 is 17.5 Å². The van der Waals surface area contributed by atoms with Gasteiger partial charge >= 0.3 is 6.03 Å². The number of amides is 2. The number of rotatable bonds is 2. The van der Waals surface area contributed by atoms with Crippen LogP contribution in [0.3, 0.4) is 0 Å². The number of carbonyl (C=O) groups is 1. The lowest BCUT2D eigenvalue weighted by atomic mass is 9.96. The number of nitrogens with one attached hydrogen (secondary N) is 1. The summed E-state index contributed by atoms with van der Waals surface area (Å²) in [7, 11) is 0. The Bertz CT molecular complexity index is 597. The molecule has 2 fully saturated rings. The van der Waals surface area contributed by atoms with Gasteiger partial charge in [0.2, 0.25) is 0 Å². The molecule has 1 heterocycles. The topological polar surface area (TPSA) is 35.6 Å². The van der Waals surface area contributed by atoms with Crippen LogP contribution in [-0.2, 0) is 0 Å². The van der Waals surface area contributed by atoms with Gasteiger partial charge in [-0.1, -0.05) is 19.3 Å². The maximum Gasteiger partial charge on any atom is 0.317 e. The first kappa shape index (κ1) is 16.9. The molecule has 2 amide bonds. The summed E-state index contributed by atoms with van der Waals surface area (Å²) in [5, 5.41) is 3.06. The summed E-state index contributed by atoms with van der Waals surface area (Å²) in [4.78, 5) is 15.6. The normalized spacial score (nSPS) is 19.5. The third-order valence-corrected chi connectivity index (χ3v) is 4.86. The lowest BCUT2D eigenvalue weighted by molar-refractivity contribution is 0.186. The Morgan fingerprint density at radius 2 is 1.62 bits per heavy atom. The van der Waals surface area contributed by atoms with E-state index in [1.807, 2.05) is 0 Å². The largest absolute Gasteiger partial charge is 0.366 e. The maximum absolute atomic E-state index is 13.9. The molecule has 0 bridgehead atoms. The van der Waals surface area contributed by atoms with E-state index >= 15 is 0 Å². The quantitative estimate of drug-likeness (QED) is 0.838. The van der Waals surface area contributed by atoms with E-state index in [2.05, 4.69) is 5.32 Å². The zero-order valence-electron chi connectivity index (χ0n) is 13.5. The predicted molar refractivity (Wildman–Crippen MR) is 85.5 cm³/mol. The minimum absolute atomic E-state index is 0.0428. The van der Waals surface area contributed by atoms with Crippen molar-refractivity contribution in [3.63, 3.8) is 0 Å². The van der Waals surface area contributed by atoms with Crippen LogP contribution in [0, 0.1) is 17.5 Å². The van der Waals surface area contributed by atoms with Crippen LogP contribution in [0.15, 0.2) is 12.1 Å². The first-order chi connectivity index (χ1) is 11.6. The predicted octanol–water partition coefficient (Wildman–Crippen LogP) is 3.27. The average Bonchev–Trinajstić information content (AvgIpc) is 2.61. The van der Waals surface area contributed by atoms with Crippen molar-refractivity contribution in [2.45, 2.75) is 38.1 Å². The number of halogens is 3. The van der Waals surface area contributed by atoms with Crippen LogP contribution in [-0.4, -0.2) is 43.2 Å². The third-order valence-electron chi connectivity index (χ3n) is 4.86. The molecule has 2 aliphatic rings. The fraction of sp³-hybridized carbons (Fsp3) is 0.588. The Morgan fingerprint density at radius 1 is 0.958 bits per heavy atom. The summed E-state index contributed by atoms with van der Waals surface area (Å²) in [6.45, 7) is 1.63. The molecule has 7 heteroatoms. The van der Waals surface area contributed by atoms with Crippen LogP contribution in [0.2, 0.25) is 0 Å². The Labute approximate surface area is 139 Å². The van der Waals surface area contributed by atoms with Gasteiger partial charge in [-0.25, -0.2) is 18.0 Å². The summed E-state index contributed by atoms with van der Waals surface area (Å²) in [5.74, 6) is -3.82. The molecule has 4 nitrogen and oxygen atoms in total. The smallest absolute Gasteiger partial charge is 0.317 e. The number of hydrogen-bond acceptors (Lipinski definition) is 2. The number of nitrogens with zero attached hydrogens (tertiary/aromatic N) is 2. The maximum atomic E-state index is 13.9. The van der Waals surface area contributed by atoms with Crippen molar-refractivity contribution in [2.75, 3.05) is 31.1 Å². The Hall–Kier alpha value is -1.92. The lowest BCUT2D eigenvalue weighted by Crippen LogP contribution is -2.53. The Kier molecular flexibility index (Phi) is 5.16. The summed E-state index contributed by atoms with van der Waals surface area (Å²) >= 11 is 0. The van der Waals surface area contributed by atoms with Gasteiger partial charge in [0, 0.05) is 32.2 Å². The van der Waals surface area contributed by atoms with E-state index in [0.29, 0.717) is 26.2 Å². The lowest BCUT2D eigenvalue weighted by Gasteiger charge is -2.37. The molecule has 1 N–H and O–H groups in total. The van der Waals surface area contributed by atoms with Crippen molar-refractivity contribution in [1.82, 2.24) is 10.2 Å². The first-order valence-corrected chi connectivity index (χ1v) is 8.50. The molecule has 0 aromatic heterocycles. The number of anilines is 1. The molecule has 0 unspecified atom stereocenters. The third kappa shape index (κ3) is 3.60. The van der Waals surface area contributed by atoms with Gasteiger partial charge in [-0.3, -0.25) is 0 Å². The second kappa shape index (κ2) is 7.32. The number of hydrogen-bond donors (Lipinski definition) is 1. The van der Waals surface area contributed by atoms with Crippen LogP contribution in [0.5, 0.6) is 0 Å².